The molecule has 2 saturated heterocycles. The van der Waals surface area contributed by atoms with Crippen LogP contribution in [0.4, 0.5) is 5.82 Å². The average Bonchev–Trinajstić information content (AvgIpc) is 2.93. The van der Waals surface area contributed by atoms with E-state index in [1.807, 2.05) is 36.1 Å². The molecule has 0 bridgehead atoms. The lowest BCUT2D eigenvalue weighted by molar-refractivity contribution is -0.128. The fourth-order valence-electron chi connectivity index (χ4n) is 4.17. The lowest BCUT2D eigenvalue weighted by atomic mass is 9.77. The highest BCUT2D eigenvalue weighted by molar-refractivity contribution is 6.30. The second kappa shape index (κ2) is 6.88. The Balaban J connectivity index is 1.41. The Kier molecular flexibility index (Phi) is 4.57. The summed E-state index contributed by atoms with van der Waals surface area (Å²) in [5.74, 6) is 1.24. The fraction of sp³-hybridized carbons (Fsp3) is 0.450. The molecule has 0 atom stereocenters. The van der Waals surface area contributed by atoms with Gasteiger partial charge in [-0.25, -0.2) is 4.98 Å². The van der Waals surface area contributed by atoms with Crippen molar-refractivity contribution in [2.75, 3.05) is 24.5 Å². The Hall–Kier alpha value is -2.14. The molecular weight excluding hydrogens is 348 g/mol. The van der Waals surface area contributed by atoms with Crippen molar-refractivity contribution < 1.29 is 4.79 Å². The van der Waals surface area contributed by atoms with E-state index in [0.717, 1.165) is 54.6 Å². The number of piperidine rings is 1. The molecule has 136 valence electrons. The third kappa shape index (κ3) is 3.40. The van der Waals surface area contributed by atoms with E-state index < -0.39 is 0 Å². The largest absolute Gasteiger partial charge is 0.355 e. The molecule has 1 aromatic carbocycles. The summed E-state index contributed by atoms with van der Waals surface area (Å²) in [6.45, 7) is 5.38. The van der Waals surface area contributed by atoms with Gasteiger partial charge in [0.15, 0.2) is 0 Å². The van der Waals surface area contributed by atoms with E-state index in [2.05, 4.69) is 14.9 Å². The van der Waals surface area contributed by atoms with Gasteiger partial charge < -0.3 is 9.80 Å². The molecule has 0 unspecified atom stereocenters. The minimum absolute atomic E-state index is 0.107. The standard InChI is InChI=1S/C20H23ClN4O/c1-15-19(23-9-8-22-15)24-10-6-20(7-11-24)12-18(26)25(14-20)13-16-2-4-17(21)5-3-16/h2-5,8-9H,6-7,10-14H2,1H3. The smallest absolute Gasteiger partial charge is 0.223 e. The number of benzene rings is 1. The fourth-order valence-corrected chi connectivity index (χ4v) is 4.30. The van der Waals surface area contributed by atoms with Gasteiger partial charge in [0, 0.05) is 55.4 Å². The quantitative estimate of drug-likeness (QED) is 0.830. The number of hydrogen-bond acceptors (Lipinski definition) is 4. The van der Waals surface area contributed by atoms with E-state index in [1.165, 1.54) is 0 Å². The van der Waals surface area contributed by atoms with E-state index in [1.54, 1.807) is 12.4 Å². The summed E-state index contributed by atoms with van der Waals surface area (Å²) in [5, 5.41) is 0.727. The molecule has 6 heteroatoms. The van der Waals surface area contributed by atoms with Crippen molar-refractivity contribution in [3.63, 3.8) is 0 Å². The van der Waals surface area contributed by atoms with Crippen LogP contribution in [-0.4, -0.2) is 40.4 Å². The van der Waals surface area contributed by atoms with E-state index in [-0.39, 0.29) is 11.3 Å². The molecular formula is C20H23ClN4O. The maximum Gasteiger partial charge on any atom is 0.223 e. The zero-order valence-corrected chi connectivity index (χ0v) is 15.7. The number of aromatic nitrogens is 2. The number of carbonyl (C=O) groups is 1. The van der Waals surface area contributed by atoms with Crippen LogP contribution in [0.15, 0.2) is 36.7 Å². The highest BCUT2D eigenvalue weighted by atomic mass is 35.5. The number of amides is 1. The van der Waals surface area contributed by atoms with Gasteiger partial charge in [-0.05, 0) is 37.5 Å². The molecule has 2 aromatic rings. The molecule has 0 radical (unpaired) electrons. The summed E-state index contributed by atoms with van der Waals surface area (Å²) in [4.78, 5) is 25.7. The van der Waals surface area contributed by atoms with Crippen molar-refractivity contribution in [1.82, 2.24) is 14.9 Å². The molecule has 1 spiro atoms. The van der Waals surface area contributed by atoms with E-state index >= 15 is 0 Å². The summed E-state index contributed by atoms with van der Waals surface area (Å²) in [5.41, 5.74) is 2.21. The van der Waals surface area contributed by atoms with Crippen LogP contribution in [0.5, 0.6) is 0 Å². The molecule has 4 rings (SSSR count). The third-order valence-corrected chi connectivity index (χ3v) is 5.92. The first-order valence-electron chi connectivity index (χ1n) is 9.09. The minimum Gasteiger partial charge on any atom is -0.355 e. The Bertz CT molecular complexity index is 800. The highest BCUT2D eigenvalue weighted by Gasteiger charge is 2.45. The molecule has 5 nitrogen and oxygen atoms in total. The summed E-state index contributed by atoms with van der Waals surface area (Å²) in [7, 11) is 0. The minimum atomic E-state index is 0.107. The third-order valence-electron chi connectivity index (χ3n) is 5.67. The van der Waals surface area contributed by atoms with Crippen LogP contribution < -0.4 is 4.90 Å². The van der Waals surface area contributed by atoms with Gasteiger partial charge >= 0.3 is 0 Å². The first-order chi connectivity index (χ1) is 12.5. The number of rotatable bonds is 3. The molecule has 2 aliphatic rings. The first kappa shape index (κ1) is 17.3. The average molecular weight is 371 g/mol. The van der Waals surface area contributed by atoms with Gasteiger partial charge in [-0.15, -0.1) is 0 Å². The van der Waals surface area contributed by atoms with Gasteiger partial charge in [0.05, 0.1) is 5.69 Å². The van der Waals surface area contributed by atoms with Crippen LogP contribution in [0.1, 0.15) is 30.5 Å². The zero-order chi connectivity index (χ0) is 18.1. The molecule has 1 amide bonds. The first-order valence-corrected chi connectivity index (χ1v) is 9.47. The summed E-state index contributed by atoms with van der Waals surface area (Å²) in [6, 6.07) is 7.77. The number of halogens is 1. The van der Waals surface area contributed by atoms with Gasteiger partial charge in [0.1, 0.15) is 5.82 Å². The van der Waals surface area contributed by atoms with Gasteiger partial charge in [-0.3, -0.25) is 9.78 Å². The van der Waals surface area contributed by atoms with Crippen LogP contribution in [0.25, 0.3) is 0 Å². The summed E-state index contributed by atoms with van der Waals surface area (Å²) in [6.07, 6.45) is 6.18. The normalized spacial score (nSPS) is 19.4. The molecule has 2 aliphatic heterocycles. The Labute approximate surface area is 159 Å². The Morgan fingerprint density at radius 3 is 2.50 bits per heavy atom. The second-order valence-electron chi connectivity index (χ2n) is 7.51. The molecule has 1 aromatic heterocycles. The number of likely N-dealkylation sites (tertiary alicyclic amines) is 1. The van der Waals surface area contributed by atoms with Crippen LogP contribution in [0.3, 0.4) is 0 Å². The zero-order valence-electron chi connectivity index (χ0n) is 15.0. The maximum atomic E-state index is 12.6. The van der Waals surface area contributed by atoms with Crippen LogP contribution >= 0.6 is 11.6 Å². The van der Waals surface area contributed by atoms with Crippen molar-refractivity contribution >= 4 is 23.3 Å². The number of hydrogen-bond donors (Lipinski definition) is 0. The number of aryl methyl sites for hydroxylation is 1. The predicted octanol–water partition coefficient (Wildman–Crippen LogP) is 3.46. The van der Waals surface area contributed by atoms with Crippen molar-refractivity contribution in [2.24, 2.45) is 5.41 Å². The topological polar surface area (TPSA) is 49.3 Å². The van der Waals surface area contributed by atoms with Gasteiger partial charge in [0.25, 0.3) is 0 Å². The molecule has 0 N–H and O–H groups in total. The molecule has 0 aliphatic carbocycles. The molecule has 2 fully saturated rings. The predicted molar refractivity (Wildman–Crippen MR) is 102 cm³/mol. The summed E-state index contributed by atoms with van der Waals surface area (Å²) < 4.78 is 0. The number of anilines is 1. The van der Waals surface area contributed by atoms with Crippen molar-refractivity contribution in [1.29, 1.82) is 0 Å². The van der Waals surface area contributed by atoms with Crippen LogP contribution in [0.2, 0.25) is 5.02 Å². The monoisotopic (exact) mass is 370 g/mol. The van der Waals surface area contributed by atoms with Crippen molar-refractivity contribution in [2.45, 2.75) is 32.7 Å². The second-order valence-corrected chi connectivity index (χ2v) is 7.94. The highest BCUT2D eigenvalue weighted by Crippen LogP contribution is 2.42. The molecule has 3 heterocycles. The number of carbonyl (C=O) groups excluding carboxylic acids is 1. The van der Waals surface area contributed by atoms with E-state index in [0.29, 0.717) is 13.0 Å². The van der Waals surface area contributed by atoms with E-state index in [4.69, 9.17) is 11.6 Å². The van der Waals surface area contributed by atoms with Gasteiger partial charge in [-0.1, -0.05) is 23.7 Å². The summed E-state index contributed by atoms with van der Waals surface area (Å²) >= 11 is 5.95. The van der Waals surface area contributed by atoms with Crippen molar-refractivity contribution in [3.05, 3.63) is 52.9 Å². The van der Waals surface area contributed by atoms with E-state index in [9.17, 15) is 4.79 Å². The lowest BCUT2D eigenvalue weighted by Crippen LogP contribution is -2.42. The van der Waals surface area contributed by atoms with Gasteiger partial charge in [-0.2, -0.15) is 0 Å². The van der Waals surface area contributed by atoms with Gasteiger partial charge in [0.2, 0.25) is 5.91 Å². The Morgan fingerprint density at radius 1 is 1.12 bits per heavy atom. The van der Waals surface area contributed by atoms with Crippen LogP contribution in [-0.2, 0) is 11.3 Å². The SMILES string of the molecule is Cc1nccnc1N1CCC2(CC1)CC(=O)N(Cc1ccc(Cl)cc1)C2. The van der Waals surface area contributed by atoms with Crippen molar-refractivity contribution in [3.8, 4) is 0 Å². The molecule has 26 heavy (non-hydrogen) atoms. The Morgan fingerprint density at radius 2 is 1.81 bits per heavy atom. The van der Waals surface area contributed by atoms with Crippen LogP contribution in [0, 0.1) is 12.3 Å². The maximum absolute atomic E-state index is 12.6. The molecule has 0 saturated carbocycles. The lowest BCUT2D eigenvalue weighted by Gasteiger charge is -2.39. The number of nitrogens with zero attached hydrogens (tertiary/aromatic N) is 4.